The number of rotatable bonds is 4. The molecule has 1 aliphatic heterocycles. The molecule has 0 aliphatic carbocycles. The Bertz CT molecular complexity index is 945. The van der Waals surface area contributed by atoms with Gasteiger partial charge in [-0.05, 0) is 47.2 Å². The van der Waals surface area contributed by atoms with Crippen LogP contribution >= 0.6 is 0 Å². The van der Waals surface area contributed by atoms with Gasteiger partial charge >= 0.3 is 0 Å². The maximum atomic E-state index is 4.97. The monoisotopic (exact) mass is 337 g/mol. The molecule has 128 valence electrons. The van der Waals surface area contributed by atoms with E-state index in [-0.39, 0.29) is 6.04 Å². The first-order valence-electron chi connectivity index (χ1n) is 9.27. The number of hydrogen-bond acceptors (Lipinski definition) is 1. The number of allylic oxidation sites excluding steroid dienone is 1. The van der Waals surface area contributed by atoms with Gasteiger partial charge < -0.3 is 0 Å². The van der Waals surface area contributed by atoms with Gasteiger partial charge in [-0.1, -0.05) is 91.3 Å². The molecule has 0 N–H and O–H groups in total. The van der Waals surface area contributed by atoms with E-state index in [9.17, 15) is 0 Å². The van der Waals surface area contributed by atoms with Crippen molar-refractivity contribution < 1.29 is 0 Å². The van der Waals surface area contributed by atoms with E-state index >= 15 is 0 Å². The number of nitrogens with zero attached hydrogens (tertiary/aromatic N) is 1. The van der Waals surface area contributed by atoms with Crippen LogP contribution in [0.3, 0.4) is 0 Å². The molecule has 1 heterocycles. The second-order valence-corrected chi connectivity index (χ2v) is 6.85. The molecule has 3 aromatic carbocycles. The zero-order valence-corrected chi connectivity index (χ0v) is 15.3. The minimum atomic E-state index is 0.244. The van der Waals surface area contributed by atoms with Crippen molar-refractivity contribution in [2.75, 3.05) is 0 Å². The number of aryl methyl sites for hydroxylation is 1. The summed E-state index contributed by atoms with van der Waals surface area (Å²) in [6.07, 6.45) is 3.28. The van der Waals surface area contributed by atoms with E-state index in [1.165, 1.54) is 33.4 Å². The van der Waals surface area contributed by atoms with Crippen molar-refractivity contribution >= 4 is 11.3 Å². The van der Waals surface area contributed by atoms with Crippen LogP contribution in [0.1, 0.15) is 30.0 Å². The quantitative estimate of drug-likeness (QED) is 0.528. The molecule has 0 saturated heterocycles. The van der Waals surface area contributed by atoms with E-state index in [2.05, 4.69) is 98.8 Å². The van der Waals surface area contributed by atoms with Crippen molar-refractivity contribution in [3.05, 3.63) is 102 Å². The smallest absolute Gasteiger partial charge is 0.0760 e. The van der Waals surface area contributed by atoms with E-state index in [1.807, 2.05) is 0 Å². The third-order valence-corrected chi connectivity index (χ3v) is 5.01. The molecule has 3 aromatic rings. The van der Waals surface area contributed by atoms with Crippen LogP contribution in [-0.2, 0) is 0 Å². The predicted molar refractivity (Wildman–Crippen MR) is 112 cm³/mol. The highest BCUT2D eigenvalue weighted by Crippen LogP contribution is 2.31. The van der Waals surface area contributed by atoms with Gasteiger partial charge in [-0.3, -0.25) is 4.99 Å². The molecule has 1 atom stereocenters. The van der Waals surface area contributed by atoms with Gasteiger partial charge in [0.25, 0.3) is 0 Å². The lowest BCUT2D eigenvalue weighted by atomic mass is 9.95. The lowest BCUT2D eigenvalue weighted by Gasteiger charge is -2.11. The fraction of sp³-hybridized carbons (Fsp3) is 0.160. The molecule has 1 heteroatoms. The Balaban J connectivity index is 1.64. The topological polar surface area (TPSA) is 12.4 Å². The molecular weight excluding hydrogens is 314 g/mol. The first kappa shape index (κ1) is 16.5. The molecule has 1 unspecified atom stereocenters. The highest BCUT2D eigenvalue weighted by molar-refractivity contribution is 6.15. The number of benzene rings is 3. The summed E-state index contributed by atoms with van der Waals surface area (Å²) in [5, 5.41) is 0. The third kappa shape index (κ3) is 3.25. The lowest BCUT2D eigenvalue weighted by Crippen LogP contribution is -2.02. The maximum absolute atomic E-state index is 4.97. The first-order chi connectivity index (χ1) is 12.7. The Hall–Kier alpha value is -2.93. The van der Waals surface area contributed by atoms with Gasteiger partial charge in [0.1, 0.15) is 0 Å². The summed E-state index contributed by atoms with van der Waals surface area (Å²) in [4.78, 5) is 4.97. The largest absolute Gasteiger partial charge is 0.277 e. The SMILES string of the molecule is CCC1N=C(c2ccc(C)cc2)C=C1c1ccc(-c2ccccc2)cc1. The number of aliphatic imine (C=N–C) groups is 1. The van der Waals surface area contributed by atoms with Crippen molar-refractivity contribution in [2.45, 2.75) is 26.3 Å². The Kier molecular flexibility index (Phi) is 4.53. The fourth-order valence-electron chi connectivity index (χ4n) is 3.47. The van der Waals surface area contributed by atoms with Crippen LogP contribution in [0.5, 0.6) is 0 Å². The molecule has 0 radical (unpaired) electrons. The van der Waals surface area contributed by atoms with Crippen molar-refractivity contribution in [2.24, 2.45) is 4.99 Å². The van der Waals surface area contributed by atoms with Crippen LogP contribution < -0.4 is 0 Å². The van der Waals surface area contributed by atoms with Gasteiger partial charge in [-0.25, -0.2) is 0 Å². The van der Waals surface area contributed by atoms with Crippen LogP contribution in [0.25, 0.3) is 16.7 Å². The van der Waals surface area contributed by atoms with Crippen LogP contribution in [0, 0.1) is 6.92 Å². The molecule has 1 aliphatic rings. The van der Waals surface area contributed by atoms with Crippen LogP contribution in [-0.4, -0.2) is 11.8 Å². The van der Waals surface area contributed by atoms with E-state index in [0.717, 1.165) is 12.1 Å². The Morgan fingerprint density at radius 1 is 0.692 bits per heavy atom. The third-order valence-electron chi connectivity index (χ3n) is 5.01. The average molecular weight is 337 g/mol. The first-order valence-corrected chi connectivity index (χ1v) is 9.27. The highest BCUT2D eigenvalue weighted by atomic mass is 14.8. The Morgan fingerprint density at radius 2 is 1.27 bits per heavy atom. The second-order valence-electron chi connectivity index (χ2n) is 6.85. The minimum absolute atomic E-state index is 0.244. The summed E-state index contributed by atoms with van der Waals surface area (Å²) >= 11 is 0. The van der Waals surface area contributed by atoms with Gasteiger partial charge in [0.15, 0.2) is 0 Å². The Morgan fingerprint density at radius 3 is 1.92 bits per heavy atom. The van der Waals surface area contributed by atoms with Crippen molar-refractivity contribution in [3.63, 3.8) is 0 Å². The minimum Gasteiger partial charge on any atom is -0.277 e. The summed E-state index contributed by atoms with van der Waals surface area (Å²) in [7, 11) is 0. The summed E-state index contributed by atoms with van der Waals surface area (Å²) < 4.78 is 0. The summed E-state index contributed by atoms with van der Waals surface area (Å²) in [5.41, 5.74) is 8.66. The molecular formula is C25H23N. The maximum Gasteiger partial charge on any atom is 0.0760 e. The van der Waals surface area contributed by atoms with E-state index in [1.54, 1.807) is 0 Å². The molecule has 4 rings (SSSR count). The van der Waals surface area contributed by atoms with Crippen LogP contribution in [0.2, 0.25) is 0 Å². The van der Waals surface area contributed by atoms with Crippen molar-refractivity contribution in [1.82, 2.24) is 0 Å². The van der Waals surface area contributed by atoms with Gasteiger partial charge in [0.2, 0.25) is 0 Å². The summed E-state index contributed by atoms with van der Waals surface area (Å²) in [6, 6.07) is 28.3. The molecule has 0 fully saturated rings. The van der Waals surface area contributed by atoms with Gasteiger partial charge in [0.05, 0.1) is 11.8 Å². The van der Waals surface area contributed by atoms with Crippen molar-refractivity contribution in [1.29, 1.82) is 0 Å². The summed E-state index contributed by atoms with van der Waals surface area (Å²) in [5.74, 6) is 0. The predicted octanol–water partition coefficient (Wildman–Crippen LogP) is 6.33. The second kappa shape index (κ2) is 7.13. The molecule has 0 bridgehead atoms. The van der Waals surface area contributed by atoms with Gasteiger partial charge in [0, 0.05) is 0 Å². The Labute approximate surface area is 155 Å². The molecule has 0 saturated carbocycles. The normalized spacial score (nSPS) is 16.3. The molecule has 1 nitrogen and oxygen atoms in total. The van der Waals surface area contributed by atoms with E-state index in [0.29, 0.717) is 0 Å². The van der Waals surface area contributed by atoms with Gasteiger partial charge in [-0.15, -0.1) is 0 Å². The molecule has 0 spiro atoms. The molecule has 0 aromatic heterocycles. The summed E-state index contributed by atoms with van der Waals surface area (Å²) in [6.45, 7) is 4.32. The van der Waals surface area contributed by atoms with Crippen molar-refractivity contribution in [3.8, 4) is 11.1 Å². The zero-order valence-electron chi connectivity index (χ0n) is 15.3. The molecule has 26 heavy (non-hydrogen) atoms. The van der Waals surface area contributed by atoms with Gasteiger partial charge in [-0.2, -0.15) is 0 Å². The van der Waals surface area contributed by atoms with E-state index < -0.39 is 0 Å². The van der Waals surface area contributed by atoms with Crippen LogP contribution in [0.15, 0.2) is 89.9 Å². The highest BCUT2D eigenvalue weighted by Gasteiger charge is 2.21. The number of hydrogen-bond donors (Lipinski definition) is 0. The van der Waals surface area contributed by atoms with Crippen LogP contribution in [0.4, 0.5) is 0 Å². The lowest BCUT2D eigenvalue weighted by molar-refractivity contribution is 0.812. The zero-order chi connectivity index (χ0) is 17.9. The fourth-order valence-corrected chi connectivity index (χ4v) is 3.47. The standard InChI is InChI=1S/C25H23N/c1-3-24-23(17-25(26-24)22-11-9-18(2)10-12-22)21-15-13-20(14-16-21)19-7-5-4-6-8-19/h4-17,24H,3H2,1-2H3. The molecule has 0 amide bonds. The van der Waals surface area contributed by atoms with E-state index in [4.69, 9.17) is 4.99 Å². The average Bonchev–Trinajstić information content (AvgIpc) is 3.14.